The van der Waals surface area contributed by atoms with Crippen molar-refractivity contribution in [3.63, 3.8) is 0 Å². The zero-order chi connectivity index (χ0) is 23.8. The van der Waals surface area contributed by atoms with Crippen LogP contribution < -0.4 is 15.8 Å². The minimum Gasteiger partial charge on any atom is -0.391 e. The van der Waals surface area contributed by atoms with Crippen molar-refractivity contribution in [2.45, 2.75) is 76.9 Å². The standard InChI is InChI=1S/C25H33N7O2/c1-14-11-28-29-15(2)23(14)16(3)34-20-4-5-22-21(9-20)24(31-30-22)18-8-17(10-26)25(27-12-18)32-7-6-19(33)13-32/h8,11-12,16,19-22,24,30-31,33H,4-7,9,13H2,1-3H3/t16-,19+,20?,21?,22?,24?/m1/s1. The fourth-order valence-corrected chi connectivity index (χ4v) is 5.97. The number of hydrazine groups is 1. The highest BCUT2D eigenvalue weighted by Crippen LogP contribution is 2.41. The molecule has 0 aromatic carbocycles. The van der Waals surface area contributed by atoms with Gasteiger partial charge in [-0.15, -0.1) is 0 Å². The molecule has 1 aliphatic carbocycles. The van der Waals surface area contributed by atoms with Crippen molar-refractivity contribution in [3.05, 3.63) is 46.4 Å². The van der Waals surface area contributed by atoms with Gasteiger partial charge in [-0.25, -0.2) is 10.4 Å². The van der Waals surface area contributed by atoms with Gasteiger partial charge in [0.25, 0.3) is 0 Å². The van der Waals surface area contributed by atoms with Crippen LogP contribution in [-0.4, -0.2) is 51.6 Å². The molecule has 0 spiro atoms. The van der Waals surface area contributed by atoms with Crippen LogP contribution in [0.5, 0.6) is 0 Å². The number of fused-ring (bicyclic) bond motifs is 1. The zero-order valence-electron chi connectivity index (χ0n) is 20.0. The molecule has 3 N–H and O–H groups in total. The lowest BCUT2D eigenvalue weighted by Gasteiger charge is -2.35. The van der Waals surface area contributed by atoms with Gasteiger partial charge in [0.2, 0.25) is 0 Å². The molecule has 6 atom stereocenters. The first-order valence-corrected chi connectivity index (χ1v) is 12.2. The van der Waals surface area contributed by atoms with E-state index in [4.69, 9.17) is 4.74 Å². The largest absolute Gasteiger partial charge is 0.391 e. The summed E-state index contributed by atoms with van der Waals surface area (Å²) >= 11 is 0. The van der Waals surface area contributed by atoms with Crippen molar-refractivity contribution in [2.24, 2.45) is 5.92 Å². The molecule has 180 valence electrons. The lowest BCUT2D eigenvalue weighted by molar-refractivity contribution is -0.0377. The number of ether oxygens (including phenoxy) is 1. The van der Waals surface area contributed by atoms with Crippen LogP contribution in [0.3, 0.4) is 0 Å². The summed E-state index contributed by atoms with van der Waals surface area (Å²) in [5.74, 6) is 1.01. The number of aryl methyl sites for hydroxylation is 2. The summed E-state index contributed by atoms with van der Waals surface area (Å²) in [6.07, 6.45) is 7.10. The Morgan fingerprint density at radius 2 is 2.09 bits per heavy atom. The maximum atomic E-state index is 9.88. The highest BCUT2D eigenvalue weighted by atomic mass is 16.5. The van der Waals surface area contributed by atoms with Gasteiger partial charge in [-0.2, -0.15) is 15.5 Å². The van der Waals surface area contributed by atoms with Crippen LogP contribution >= 0.6 is 0 Å². The van der Waals surface area contributed by atoms with E-state index in [-0.39, 0.29) is 24.4 Å². The third-order valence-corrected chi connectivity index (χ3v) is 7.61. The van der Waals surface area contributed by atoms with Crippen LogP contribution in [0.2, 0.25) is 0 Å². The van der Waals surface area contributed by atoms with Gasteiger partial charge in [0.1, 0.15) is 11.9 Å². The molecule has 4 unspecified atom stereocenters. The predicted octanol–water partition coefficient (Wildman–Crippen LogP) is 2.40. The molecule has 2 saturated heterocycles. The molecule has 3 fully saturated rings. The van der Waals surface area contributed by atoms with Crippen LogP contribution in [0, 0.1) is 31.1 Å². The third-order valence-electron chi connectivity index (χ3n) is 7.61. The summed E-state index contributed by atoms with van der Waals surface area (Å²) in [7, 11) is 0. The van der Waals surface area contributed by atoms with Crippen molar-refractivity contribution < 1.29 is 9.84 Å². The third kappa shape index (κ3) is 4.39. The second-order valence-corrected chi connectivity index (χ2v) is 9.92. The van der Waals surface area contributed by atoms with E-state index < -0.39 is 0 Å². The van der Waals surface area contributed by atoms with E-state index in [2.05, 4.69) is 45.9 Å². The highest BCUT2D eigenvalue weighted by molar-refractivity contribution is 5.56. The molecule has 4 heterocycles. The van der Waals surface area contributed by atoms with Gasteiger partial charge in [0.15, 0.2) is 0 Å². The topological polar surface area (TPSA) is 119 Å². The van der Waals surface area contributed by atoms with Crippen LogP contribution in [0.15, 0.2) is 18.5 Å². The fraction of sp³-hybridized carbons (Fsp3) is 0.600. The number of nitrogens with zero attached hydrogens (tertiary/aromatic N) is 5. The van der Waals surface area contributed by atoms with Crippen molar-refractivity contribution >= 4 is 5.82 Å². The number of pyridine rings is 1. The number of aromatic nitrogens is 3. The van der Waals surface area contributed by atoms with Gasteiger partial charge in [0, 0.05) is 30.9 Å². The second-order valence-electron chi connectivity index (χ2n) is 9.92. The molecular formula is C25H33N7O2. The molecule has 34 heavy (non-hydrogen) atoms. The summed E-state index contributed by atoms with van der Waals surface area (Å²) in [6.45, 7) is 7.39. The Balaban J connectivity index is 1.31. The summed E-state index contributed by atoms with van der Waals surface area (Å²) in [5, 5.41) is 27.9. The molecule has 1 saturated carbocycles. The number of hydrogen-bond donors (Lipinski definition) is 3. The lowest BCUT2D eigenvalue weighted by atomic mass is 9.78. The Morgan fingerprint density at radius 3 is 2.82 bits per heavy atom. The van der Waals surface area contributed by atoms with E-state index >= 15 is 0 Å². The van der Waals surface area contributed by atoms with Gasteiger partial charge in [-0.05, 0) is 69.6 Å². The number of β-amino-alcohol motifs (C(OH)–C–C–N with tert-alkyl or cyclic N) is 1. The fourth-order valence-electron chi connectivity index (χ4n) is 5.97. The van der Waals surface area contributed by atoms with Gasteiger partial charge in [-0.1, -0.05) is 0 Å². The number of nitrogens with one attached hydrogen (secondary N) is 2. The SMILES string of the molecule is Cc1cnnc(C)c1[C@@H](C)OC1CCC2NNC(c3cnc(N4CC[C@H](O)C4)c(C#N)c3)C2C1. The van der Waals surface area contributed by atoms with E-state index in [9.17, 15) is 10.4 Å². The molecule has 9 heteroatoms. The first-order valence-electron chi connectivity index (χ1n) is 12.2. The average Bonchev–Trinajstić information content (AvgIpc) is 3.44. The van der Waals surface area contributed by atoms with Crippen LogP contribution in [0.1, 0.15) is 72.7 Å². The molecule has 0 bridgehead atoms. The van der Waals surface area contributed by atoms with Gasteiger partial charge >= 0.3 is 0 Å². The molecular weight excluding hydrogens is 430 g/mol. The highest BCUT2D eigenvalue weighted by Gasteiger charge is 2.42. The minimum atomic E-state index is -0.355. The number of aliphatic hydroxyl groups excluding tert-OH is 1. The second kappa shape index (κ2) is 9.55. The van der Waals surface area contributed by atoms with E-state index in [0.717, 1.165) is 48.2 Å². The summed E-state index contributed by atoms with van der Waals surface area (Å²) in [6, 6.07) is 4.70. The van der Waals surface area contributed by atoms with Crippen molar-refractivity contribution in [1.29, 1.82) is 5.26 Å². The Kier molecular flexibility index (Phi) is 6.49. The van der Waals surface area contributed by atoms with Crippen molar-refractivity contribution in [1.82, 2.24) is 26.0 Å². The van der Waals surface area contributed by atoms with E-state index in [0.29, 0.717) is 36.3 Å². The lowest BCUT2D eigenvalue weighted by Crippen LogP contribution is -2.37. The number of hydrogen-bond acceptors (Lipinski definition) is 9. The molecule has 9 nitrogen and oxygen atoms in total. The molecule has 2 aliphatic heterocycles. The molecule has 3 aliphatic rings. The van der Waals surface area contributed by atoms with E-state index in [1.807, 2.05) is 24.1 Å². The number of nitriles is 1. The van der Waals surface area contributed by atoms with Crippen molar-refractivity contribution in [2.75, 3.05) is 18.0 Å². The summed E-state index contributed by atoms with van der Waals surface area (Å²) in [4.78, 5) is 6.65. The minimum absolute atomic E-state index is 0.0419. The van der Waals surface area contributed by atoms with Crippen LogP contribution in [0.4, 0.5) is 5.82 Å². The Bertz CT molecular complexity index is 1070. The van der Waals surface area contributed by atoms with Crippen LogP contribution in [0.25, 0.3) is 0 Å². The Hall–Kier alpha value is -2.64. The van der Waals surface area contributed by atoms with E-state index in [1.165, 1.54) is 0 Å². The number of rotatable bonds is 5. The predicted molar refractivity (Wildman–Crippen MR) is 127 cm³/mol. The normalized spacial score (nSPS) is 29.6. The molecule has 5 rings (SSSR count). The Morgan fingerprint density at radius 1 is 1.24 bits per heavy atom. The van der Waals surface area contributed by atoms with Gasteiger partial charge < -0.3 is 14.7 Å². The summed E-state index contributed by atoms with van der Waals surface area (Å²) < 4.78 is 6.55. The maximum Gasteiger partial charge on any atom is 0.146 e. The van der Waals surface area contributed by atoms with E-state index in [1.54, 1.807) is 6.20 Å². The summed E-state index contributed by atoms with van der Waals surface area (Å²) in [5.41, 5.74) is 11.7. The average molecular weight is 464 g/mol. The zero-order valence-corrected chi connectivity index (χ0v) is 20.0. The van der Waals surface area contributed by atoms with Crippen molar-refractivity contribution in [3.8, 4) is 6.07 Å². The van der Waals surface area contributed by atoms with Gasteiger partial charge in [0.05, 0.1) is 41.8 Å². The monoisotopic (exact) mass is 463 g/mol. The Labute approximate surface area is 200 Å². The quantitative estimate of drug-likeness (QED) is 0.614. The maximum absolute atomic E-state index is 9.88. The smallest absolute Gasteiger partial charge is 0.146 e. The molecule has 2 aromatic rings. The molecule has 0 amide bonds. The first-order chi connectivity index (χ1) is 16.4. The number of aliphatic hydroxyl groups is 1. The van der Waals surface area contributed by atoms with Crippen LogP contribution in [-0.2, 0) is 4.74 Å². The number of anilines is 1. The first kappa shape index (κ1) is 23.1. The van der Waals surface area contributed by atoms with Gasteiger partial charge in [-0.3, -0.25) is 5.43 Å². The molecule has 0 radical (unpaired) electrons. The molecule has 2 aromatic heterocycles.